The highest BCUT2D eigenvalue weighted by molar-refractivity contribution is 7.85. The molecule has 0 heterocycles. The minimum absolute atomic E-state index is 0.421. The van der Waals surface area contributed by atoms with E-state index in [4.69, 9.17) is 4.18 Å². The zero-order chi connectivity index (χ0) is 12.5. The number of allylic oxidation sites excluding steroid dienone is 2. The third-order valence-corrected chi connectivity index (χ3v) is 6.47. The molecule has 3 nitrogen and oxygen atoms in total. The maximum Gasteiger partial charge on any atom is 0.264 e. The van der Waals surface area contributed by atoms with Crippen LogP contribution in [-0.2, 0) is 14.3 Å². The number of hydrogen-bond donors (Lipinski definition) is 0. The van der Waals surface area contributed by atoms with E-state index < -0.39 is 10.1 Å². The van der Waals surface area contributed by atoms with Crippen LogP contribution in [0.15, 0.2) is 12.2 Å². The summed E-state index contributed by atoms with van der Waals surface area (Å²) in [5.74, 6) is 5.43. The van der Waals surface area contributed by atoms with Crippen molar-refractivity contribution in [3.8, 4) is 0 Å². The van der Waals surface area contributed by atoms with Crippen LogP contribution in [-0.4, -0.2) is 21.3 Å². The first-order valence-corrected chi connectivity index (χ1v) is 8.87. The van der Waals surface area contributed by atoms with Gasteiger partial charge in [0.2, 0.25) is 0 Å². The molecular formula is C14H20O3S. The first kappa shape index (κ1) is 11.5. The SMILES string of the molecule is CS(=O)(=O)OCC1CC2CC1C1C3C=CC(C3)C21. The summed E-state index contributed by atoms with van der Waals surface area (Å²) < 4.78 is 27.3. The lowest BCUT2D eigenvalue weighted by Crippen LogP contribution is -2.33. The molecular weight excluding hydrogens is 248 g/mol. The Kier molecular flexibility index (Phi) is 2.30. The molecule has 0 aliphatic heterocycles. The highest BCUT2D eigenvalue weighted by Gasteiger charge is 2.60. The van der Waals surface area contributed by atoms with E-state index in [1.165, 1.54) is 19.3 Å². The van der Waals surface area contributed by atoms with Gasteiger partial charge in [0, 0.05) is 0 Å². The molecule has 4 bridgehead atoms. The van der Waals surface area contributed by atoms with Crippen molar-refractivity contribution < 1.29 is 12.6 Å². The van der Waals surface area contributed by atoms with E-state index in [0.29, 0.717) is 12.5 Å². The Balaban J connectivity index is 1.50. The molecule has 18 heavy (non-hydrogen) atoms. The quantitative estimate of drug-likeness (QED) is 0.447. The van der Waals surface area contributed by atoms with Crippen LogP contribution >= 0.6 is 0 Å². The molecule has 7 atom stereocenters. The summed E-state index contributed by atoms with van der Waals surface area (Å²) in [6, 6.07) is 0. The van der Waals surface area contributed by atoms with Crippen molar-refractivity contribution in [2.45, 2.75) is 19.3 Å². The summed E-state index contributed by atoms with van der Waals surface area (Å²) in [7, 11) is -3.27. The van der Waals surface area contributed by atoms with Crippen LogP contribution < -0.4 is 0 Å². The average molecular weight is 268 g/mol. The van der Waals surface area contributed by atoms with Crippen molar-refractivity contribution in [3.05, 3.63) is 12.2 Å². The largest absolute Gasteiger partial charge is 0.270 e. The van der Waals surface area contributed by atoms with Crippen LogP contribution in [0.4, 0.5) is 0 Å². The number of fused-ring (bicyclic) bond motifs is 9. The first-order valence-electron chi connectivity index (χ1n) is 7.05. The molecule has 3 fully saturated rings. The molecule has 4 rings (SSSR count). The predicted molar refractivity (Wildman–Crippen MR) is 68.2 cm³/mol. The fourth-order valence-corrected chi connectivity index (χ4v) is 5.98. The summed E-state index contributed by atoms with van der Waals surface area (Å²) in [4.78, 5) is 0. The van der Waals surface area contributed by atoms with Gasteiger partial charge < -0.3 is 0 Å². The topological polar surface area (TPSA) is 43.4 Å². The Hall–Kier alpha value is -0.350. The standard InChI is InChI=1S/C14H20O3S/c1-18(15,16)17-7-11-5-10-6-12(11)14-9-3-2-8(4-9)13(10)14/h2-3,8-14H,4-7H2,1H3. The van der Waals surface area contributed by atoms with E-state index in [2.05, 4.69) is 12.2 Å². The van der Waals surface area contributed by atoms with Gasteiger partial charge >= 0.3 is 0 Å². The van der Waals surface area contributed by atoms with Crippen molar-refractivity contribution in [2.24, 2.45) is 41.4 Å². The molecule has 7 unspecified atom stereocenters. The van der Waals surface area contributed by atoms with E-state index in [9.17, 15) is 8.42 Å². The second kappa shape index (κ2) is 3.60. The fraction of sp³-hybridized carbons (Fsp3) is 0.857. The van der Waals surface area contributed by atoms with Crippen LogP contribution in [0.3, 0.4) is 0 Å². The van der Waals surface area contributed by atoms with Crippen LogP contribution in [0.5, 0.6) is 0 Å². The molecule has 4 aliphatic carbocycles. The normalized spacial score (nSPS) is 52.2. The molecule has 0 spiro atoms. The Morgan fingerprint density at radius 2 is 1.83 bits per heavy atom. The monoisotopic (exact) mass is 268 g/mol. The van der Waals surface area contributed by atoms with Crippen LogP contribution in [0.2, 0.25) is 0 Å². The summed E-state index contributed by atoms with van der Waals surface area (Å²) in [5, 5.41) is 0. The average Bonchev–Trinajstić information content (AvgIpc) is 3.02. The minimum atomic E-state index is -3.27. The molecule has 4 heteroatoms. The molecule has 0 saturated heterocycles. The minimum Gasteiger partial charge on any atom is -0.270 e. The van der Waals surface area contributed by atoms with E-state index in [1.54, 1.807) is 0 Å². The number of rotatable bonds is 3. The van der Waals surface area contributed by atoms with Crippen LogP contribution in [0.25, 0.3) is 0 Å². The van der Waals surface area contributed by atoms with Gasteiger partial charge in [-0.3, -0.25) is 4.18 Å². The maximum atomic E-state index is 11.1. The zero-order valence-corrected chi connectivity index (χ0v) is 11.5. The smallest absolute Gasteiger partial charge is 0.264 e. The van der Waals surface area contributed by atoms with Crippen molar-refractivity contribution >= 4 is 10.1 Å². The molecule has 0 aromatic rings. The van der Waals surface area contributed by atoms with Gasteiger partial charge in [0.15, 0.2) is 0 Å². The molecule has 100 valence electrons. The molecule has 0 radical (unpaired) electrons. The van der Waals surface area contributed by atoms with Crippen molar-refractivity contribution in [1.82, 2.24) is 0 Å². The second-order valence-electron chi connectivity index (χ2n) is 6.75. The van der Waals surface area contributed by atoms with Gasteiger partial charge in [-0.05, 0) is 60.7 Å². The molecule has 4 aliphatic rings. The lowest BCUT2D eigenvalue weighted by atomic mass is 9.70. The van der Waals surface area contributed by atoms with Gasteiger partial charge in [-0.25, -0.2) is 0 Å². The Labute approximate surface area is 109 Å². The van der Waals surface area contributed by atoms with Crippen molar-refractivity contribution in [1.29, 1.82) is 0 Å². The molecule has 3 saturated carbocycles. The van der Waals surface area contributed by atoms with Gasteiger partial charge in [-0.1, -0.05) is 12.2 Å². The molecule has 0 amide bonds. The molecule has 0 aromatic carbocycles. The van der Waals surface area contributed by atoms with Crippen molar-refractivity contribution in [3.63, 3.8) is 0 Å². The summed E-state index contributed by atoms with van der Waals surface area (Å²) in [6.07, 6.45) is 9.89. The Morgan fingerprint density at radius 3 is 2.56 bits per heavy atom. The van der Waals surface area contributed by atoms with E-state index in [-0.39, 0.29) is 0 Å². The summed E-state index contributed by atoms with van der Waals surface area (Å²) >= 11 is 0. The number of hydrogen-bond acceptors (Lipinski definition) is 3. The fourth-order valence-electron chi connectivity index (χ4n) is 5.56. The molecule has 0 N–H and O–H groups in total. The van der Waals surface area contributed by atoms with Crippen LogP contribution in [0.1, 0.15) is 19.3 Å². The van der Waals surface area contributed by atoms with Gasteiger partial charge in [-0.15, -0.1) is 0 Å². The van der Waals surface area contributed by atoms with E-state index in [0.717, 1.165) is 41.8 Å². The first-order chi connectivity index (χ1) is 8.53. The summed E-state index contributed by atoms with van der Waals surface area (Å²) in [6.45, 7) is 0.421. The maximum absolute atomic E-state index is 11.1. The molecule has 0 aromatic heterocycles. The van der Waals surface area contributed by atoms with Crippen molar-refractivity contribution in [2.75, 3.05) is 12.9 Å². The third kappa shape index (κ3) is 1.54. The van der Waals surface area contributed by atoms with Gasteiger partial charge in [0.25, 0.3) is 10.1 Å². The highest BCUT2D eigenvalue weighted by atomic mass is 32.2. The van der Waals surface area contributed by atoms with Gasteiger partial charge in [-0.2, -0.15) is 8.42 Å². The Bertz CT molecular complexity index is 495. The van der Waals surface area contributed by atoms with E-state index in [1.807, 2.05) is 0 Å². The van der Waals surface area contributed by atoms with Gasteiger partial charge in [0.1, 0.15) is 0 Å². The van der Waals surface area contributed by atoms with Crippen LogP contribution in [0, 0.1) is 41.4 Å². The lowest BCUT2D eigenvalue weighted by Gasteiger charge is -2.36. The summed E-state index contributed by atoms with van der Waals surface area (Å²) in [5.41, 5.74) is 0. The third-order valence-electron chi connectivity index (χ3n) is 5.90. The van der Waals surface area contributed by atoms with E-state index >= 15 is 0 Å². The highest BCUT2D eigenvalue weighted by Crippen LogP contribution is 2.66. The zero-order valence-electron chi connectivity index (χ0n) is 10.7. The van der Waals surface area contributed by atoms with Gasteiger partial charge in [0.05, 0.1) is 12.9 Å². The second-order valence-corrected chi connectivity index (χ2v) is 8.39. The predicted octanol–water partition coefficient (Wildman–Crippen LogP) is 2.06. The lowest BCUT2D eigenvalue weighted by molar-refractivity contribution is 0.111. The Morgan fingerprint density at radius 1 is 1.11 bits per heavy atom.